The first kappa shape index (κ1) is 17.1. The summed E-state index contributed by atoms with van der Waals surface area (Å²) in [6, 6.07) is 13.3. The van der Waals surface area contributed by atoms with Gasteiger partial charge >= 0.3 is 0 Å². The van der Waals surface area contributed by atoms with Crippen LogP contribution in [0.4, 0.5) is 0 Å². The first-order valence-corrected chi connectivity index (χ1v) is 10.6. The van der Waals surface area contributed by atoms with Gasteiger partial charge in [0.05, 0.1) is 9.09 Å². The van der Waals surface area contributed by atoms with E-state index in [9.17, 15) is 4.79 Å². The number of nitrogens with zero attached hydrogens (tertiary/aromatic N) is 1. The third-order valence-electron chi connectivity index (χ3n) is 5.49. The van der Waals surface area contributed by atoms with Crippen molar-refractivity contribution in [2.24, 2.45) is 5.92 Å². The Morgan fingerprint density at radius 3 is 2.76 bits per heavy atom. The number of thiophene rings is 1. The lowest BCUT2D eigenvalue weighted by molar-refractivity contribution is 0.0218. The van der Waals surface area contributed by atoms with E-state index in [-0.39, 0.29) is 5.91 Å². The minimum absolute atomic E-state index is 0.0895. The summed E-state index contributed by atoms with van der Waals surface area (Å²) in [6.07, 6.45) is 2.43. The fourth-order valence-corrected chi connectivity index (χ4v) is 6.18. The largest absolute Gasteiger partial charge is 0.347 e. The molecule has 2 aromatic rings. The zero-order chi connectivity index (χ0) is 17.4. The van der Waals surface area contributed by atoms with Gasteiger partial charge in [-0.05, 0) is 70.0 Å². The Balaban J connectivity index is 1.42. The van der Waals surface area contributed by atoms with Crippen LogP contribution in [0.2, 0.25) is 0 Å². The first-order chi connectivity index (χ1) is 12.1. The lowest BCUT2D eigenvalue weighted by Crippen LogP contribution is -2.62. The van der Waals surface area contributed by atoms with E-state index in [0.717, 1.165) is 9.09 Å². The van der Waals surface area contributed by atoms with Crippen molar-refractivity contribution in [2.45, 2.75) is 47.9 Å². The molecule has 0 aliphatic carbocycles. The topological polar surface area (TPSA) is 32.3 Å². The van der Waals surface area contributed by atoms with E-state index in [1.54, 1.807) is 23.1 Å². The molecule has 3 fully saturated rings. The van der Waals surface area contributed by atoms with E-state index in [0.29, 0.717) is 18.0 Å². The van der Waals surface area contributed by atoms with Crippen molar-refractivity contribution in [3.63, 3.8) is 0 Å². The number of piperidine rings is 3. The van der Waals surface area contributed by atoms with Crippen LogP contribution in [0.1, 0.15) is 35.0 Å². The van der Waals surface area contributed by atoms with Crippen LogP contribution in [0.5, 0.6) is 0 Å². The molecule has 1 N–H and O–H groups in total. The number of fused-ring (bicyclic) bond motifs is 3. The summed E-state index contributed by atoms with van der Waals surface area (Å²) in [5, 5.41) is 3.32. The molecule has 1 aromatic heterocycles. The van der Waals surface area contributed by atoms with E-state index >= 15 is 0 Å². The molecule has 1 amide bonds. The second-order valence-electron chi connectivity index (χ2n) is 7.15. The molecule has 4 heterocycles. The molecule has 3 nitrogen and oxygen atoms in total. The number of hydrogen-bond acceptors (Lipinski definition) is 4. The Kier molecular flexibility index (Phi) is 4.89. The smallest absolute Gasteiger partial charge is 0.261 e. The predicted octanol–water partition coefficient (Wildman–Crippen LogP) is 4.42. The number of hydrogen-bond donors (Lipinski definition) is 1. The van der Waals surface area contributed by atoms with Crippen LogP contribution in [-0.4, -0.2) is 36.0 Å². The molecular formula is C20H24N2OS2. The summed E-state index contributed by atoms with van der Waals surface area (Å²) in [6.45, 7) is 6.74. The zero-order valence-electron chi connectivity index (χ0n) is 14.7. The Morgan fingerprint density at radius 1 is 1.24 bits per heavy atom. The van der Waals surface area contributed by atoms with Gasteiger partial charge in [-0.1, -0.05) is 29.5 Å². The molecule has 3 saturated heterocycles. The second kappa shape index (κ2) is 7.14. The van der Waals surface area contributed by atoms with Gasteiger partial charge in [0.25, 0.3) is 5.91 Å². The maximum absolute atomic E-state index is 12.7. The molecule has 0 spiro atoms. The summed E-state index contributed by atoms with van der Waals surface area (Å²) in [4.78, 5) is 17.3. The van der Waals surface area contributed by atoms with Crippen molar-refractivity contribution < 1.29 is 4.79 Å². The minimum atomic E-state index is 0.0895. The molecule has 1 aromatic carbocycles. The molecule has 5 rings (SSSR count). The molecular weight excluding hydrogens is 348 g/mol. The molecule has 3 aliphatic heterocycles. The van der Waals surface area contributed by atoms with Gasteiger partial charge in [0, 0.05) is 17.0 Å². The van der Waals surface area contributed by atoms with Crippen molar-refractivity contribution in [1.82, 2.24) is 10.2 Å². The Morgan fingerprint density at radius 2 is 2.04 bits per heavy atom. The van der Waals surface area contributed by atoms with Crippen molar-refractivity contribution in [1.29, 1.82) is 0 Å². The third-order valence-corrected chi connectivity index (χ3v) is 7.69. The monoisotopic (exact) mass is 372 g/mol. The summed E-state index contributed by atoms with van der Waals surface area (Å²) in [7, 11) is 0. The van der Waals surface area contributed by atoms with E-state index in [2.05, 4.69) is 54.4 Å². The van der Waals surface area contributed by atoms with Gasteiger partial charge in [0.2, 0.25) is 0 Å². The summed E-state index contributed by atoms with van der Waals surface area (Å²) < 4.78 is 1.16. The van der Waals surface area contributed by atoms with Gasteiger partial charge in [0.15, 0.2) is 0 Å². The Bertz CT molecular complexity index is 763. The number of carbonyl (C=O) groups excluding carboxylic acids is 1. The highest BCUT2D eigenvalue weighted by molar-refractivity contribution is 8.01. The average molecular weight is 373 g/mol. The van der Waals surface area contributed by atoms with Crippen molar-refractivity contribution in [3.8, 4) is 0 Å². The van der Waals surface area contributed by atoms with Crippen LogP contribution in [0.3, 0.4) is 0 Å². The molecule has 0 unspecified atom stereocenters. The van der Waals surface area contributed by atoms with Gasteiger partial charge in [-0.2, -0.15) is 0 Å². The van der Waals surface area contributed by atoms with E-state index in [1.807, 2.05) is 6.07 Å². The highest BCUT2D eigenvalue weighted by Gasteiger charge is 2.40. The number of carbonyl (C=O) groups is 1. The van der Waals surface area contributed by atoms with Gasteiger partial charge in [-0.25, -0.2) is 0 Å². The minimum Gasteiger partial charge on any atom is -0.347 e. The molecule has 25 heavy (non-hydrogen) atoms. The molecule has 132 valence electrons. The third kappa shape index (κ3) is 3.64. The number of nitrogens with one attached hydrogen (secondary N) is 1. The van der Waals surface area contributed by atoms with Crippen LogP contribution < -0.4 is 5.32 Å². The van der Waals surface area contributed by atoms with Crippen molar-refractivity contribution >= 4 is 29.0 Å². The SMILES string of the molecule is Cc1cccc(Sc2ccc(C(=O)N[C@@H]3C4CCN(CC4)[C@H]3C)s2)c1. The standard InChI is InChI=1S/C20H24N2OS2/c1-13-4-3-5-16(12-13)24-18-7-6-17(25-18)20(23)21-19-14(2)22-10-8-15(19)9-11-22/h3-7,12,14-15,19H,8-11H2,1-2H3,(H,21,23)/t14-,19-/m0/s1. The molecule has 3 aliphatic rings. The molecule has 5 heteroatoms. The van der Waals surface area contributed by atoms with Crippen LogP contribution in [0.25, 0.3) is 0 Å². The highest BCUT2D eigenvalue weighted by Crippen LogP contribution is 2.35. The van der Waals surface area contributed by atoms with Gasteiger partial charge in [0.1, 0.15) is 0 Å². The van der Waals surface area contributed by atoms with Crippen LogP contribution in [0.15, 0.2) is 45.5 Å². The van der Waals surface area contributed by atoms with Gasteiger partial charge in [-0.15, -0.1) is 11.3 Å². The number of rotatable bonds is 4. The van der Waals surface area contributed by atoms with Crippen molar-refractivity contribution in [2.75, 3.05) is 13.1 Å². The van der Waals surface area contributed by atoms with E-state index in [4.69, 9.17) is 0 Å². The average Bonchev–Trinajstić information content (AvgIpc) is 3.07. The second-order valence-corrected chi connectivity index (χ2v) is 9.61. The van der Waals surface area contributed by atoms with E-state index in [1.165, 1.54) is 36.4 Å². The van der Waals surface area contributed by atoms with E-state index < -0.39 is 0 Å². The molecule has 2 bridgehead atoms. The van der Waals surface area contributed by atoms with Gasteiger partial charge < -0.3 is 5.32 Å². The van der Waals surface area contributed by atoms with Crippen LogP contribution in [0, 0.1) is 12.8 Å². The molecule has 2 atom stereocenters. The van der Waals surface area contributed by atoms with Gasteiger partial charge in [-0.3, -0.25) is 9.69 Å². The lowest BCUT2D eigenvalue weighted by atomic mass is 9.79. The molecule has 0 saturated carbocycles. The number of benzene rings is 1. The maximum atomic E-state index is 12.7. The Labute approximate surface area is 157 Å². The zero-order valence-corrected chi connectivity index (χ0v) is 16.3. The lowest BCUT2D eigenvalue weighted by Gasteiger charge is -2.49. The summed E-state index contributed by atoms with van der Waals surface area (Å²) >= 11 is 3.32. The van der Waals surface area contributed by atoms with Crippen molar-refractivity contribution in [3.05, 3.63) is 46.8 Å². The first-order valence-electron chi connectivity index (χ1n) is 8.99. The molecule has 0 radical (unpaired) electrons. The number of aryl methyl sites for hydroxylation is 1. The highest BCUT2D eigenvalue weighted by atomic mass is 32.2. The predicted molar refractivity (Wildman–Crippen MR) is 105 cm³/mol. The quantitative estimate of drug-likeness (QED) is 0.862. The number of amides is 1. The van der Waals surface area contributed by atoms with Crippen LogP contribution >= 0.6 is 23.1 Å². The summed E-state index contributed by atoms with van der Waals surface area (Å²) in [5.74, 6) is 0.733. The van der Waals surface area contributed by atoms with Crippen LogP contribution in [-0.2, 0) is 0 Å². The maximum Gasteiger partial charge on any atom is 0.261 e. The normalized spacial score (nSPS) is 28.1. The Hall–Kier alpha value is -1.30. The fraction of sp³-hybridized carbons (Fsp3) is 0.450. The summed E-state index contributed by atoms with van der Waals surface area (Å²) in [5.41, 5.74) is 1.26. The fourth-order valence-electron chi connectivity index (χ4n) is 4.06.